The zero-order valence-electron chi connectivity index (χ0n) is 28.5. The molecule has 5 aromatic rings. The standard InChI is InChI=1S/C40H39N3O5S/c1-7-47-31-16-14-29(15-17-31)37-36(38(44)42-30-11-9-8-10-12-30)27(5)41-40-43(37)39(45)35(49-40)22-28-13-18-33(34(21-28)46-6)48-23-32-25(3)19-24(2)20-26(32)4/h8-22,37H,7,23H2,1-6H3,(H,42,44)/b35-22-/t37-/m0/s1. The number of benzene rings is 4. The van der Waals surface area contributed by atoms with Crippen molar-refractivity contribution < 1.29 is 19.0 Å². The number of nitrogens with zero attached hydrogens (tertiary/aromatic N) is 2. The Bertz CT molecular complexity index is 2210. The molecule has 1 aliphatic rings. The summed E-state index contributed by atoms with van der Waals surface area (Å²) in [4.78, 5) is 33.3. The molecule has 0 saturated carbocycles. The maximum absolute atomic E-state index is 14.2. The average Bonchev–Trinajstić information content (AvgIpc) is 3.38. The minimum absolute atomic E-state index is 0.246. The minimum atomic E-state index is -0.697. The number of rotatable bonds is 10. The van der Waals surface area contributed by atoms with Crippen molar-refractivity contribution >= 4 is 29.0 Å². The molecule has 8 nitrogen and oxygen atoms in total. The maximum Gasteiger partial charge on any atom is 0.271 e. The van der Waals surface area contributed by atoms with Crippen molar-refractivity contribution in [2.24, 2.45) is 4.99 Å². The molecule has 0 unspecified atom stereocenters. The van der Waals surface area contributed by atoms with Crippen LogP contribution in [0, 0.1) is 20.8 Å². The van der Waals surface area contributed by atoms with E-state index in [1.807, 2.05) is 92.7 Å². The van der Waals surface area contributed by atoms with Gasteiger partial charge >= 0.3 is 0 Å². The lowest BCUT2D eigenvalue weighted by atomic mass is 9.95. The van der Waals surface area contributed by atoms with Gasteiger partial charge in [-0.05, 0) is 105 Å². The summed E-state index contributed by atoms with van der Waals surface area (Å²) in [6.45, 7) is 11.0. The number of aromatic nitrogens is 1. The number of nitrogens with one attached hydrogen (secondary N) is 1. The number of methoxy groups -OCH3 is 1. The Labute approximate surface area is 289 Å². The second kappa shape index (κ2) is 14.4. The van der Waals surface area contributed by atoms with Gasteiger partial charge < -0.3 is 19.5 Å². The van der Waals surface area contributed by atoms with Crippen LogP contribution in [0.5, 0.6) is 17.2 Å². The number of allylic oxidation sites excluding steroid dienone is 1. The zero-order chi connectivity index (χ0) is 34.7. The highest BCUT2D eigenvalue weighted by Gasteiger charge is 2.32. The molecule has 0 bridgehead atoms. The Morgan fingerprint density at radius 3 is 2.31 bits per heavy atom. The van der Waals surface area contributed by atoms with Crippen LogP contribution < -0.4 is 34.4 Å². The Morgan fingerprint density at radius 2 is 1.63 bits per heavy atom. The second-order valence-corrected chi connectivity index (χ2v) is 13.0. The van der Waals surface area contributed by atoms with Crippen LogP contribution in [0.25, 0.3) is 6.08 Å². The normalized spacial score (nSPS) is 14.2. The second-order valence-electron chi connectivity index (χ2n) is 12.0. The third kappa shape index (κ3) is 7.07. The molecule has 0 radical (unpaired) electrons. The molecule has 1 aliphatic heterocycles. The molecule has 9 heteroatoms. The van der Waals surface area contributed by atoms with E-state index in [2.05, 4.69) is 38.2 Å². The van der Waals surface area contributed by atoms with Crippen LogP contribution >= 0.6 is 11.3 Å². The lowest BCUT2D eigenvalue weighted by Crippen LogP contribution is -2.40. The van der Waals surface area contributed by atoms with Gasteiger partial charge in [-0.1, -0.05) is 65.4 Å². The van der Waals surface area contributed by atoms with Gasteiger partial charge in [-0.25, -0.2) is 4.99 Å². The Morgan fingerprint density at radius 1 is 0.918 bits per heavy atom. The van der Waals surface area contributed by atoms with Crippen LogP contribution in [-0.2, 0) is 11.4 Å². The SMILES string of the molecule is CCOc1ccc([C@H]2C(C(=O)Nc3ccccc3)=C(C)N=c3s/c(=C\c4ccc(OCc5c(C)cc(C)cc5C)c(OC)c4)c(=O)n32)cc1. The molecule has 49 heavy (non-hydrogen) atoms. The monoisotopic (exact) mass is 673 g/mol. The Balaban J connectivity index is 1.37. The van der Waals surface area contributed by atoms with E-state index in [9.17, 15) is 9.59 Å². The molecule has 0 aliphatic carbocycles. The average molecular weight is 674 g/mol. The number of ether oxygens (including phenoxy) is 3. The van der Waals surface area contributed by atoms with Crippen LogP contribution in [0.4, 0.5) is 5.69 Å². The largest absolute Gasteiger partial charge is 0.494 e. The van der Waals surface area contributed by atoms with Crippen LogP contribution in [0.1, 0.15) is 53.3 Å². The summed E-state index contributed by atoms with van der Waals surface area (Å²) in [6, 6.07) is 26.0. The van der Waals surface area contributed by atoms with E-state index in [0.717, 1.165) is 16.7 Å². The first-order valence-electron chi connectivity index (χ1n) is 16.2. The van der Waals surface area contributed by atoms with Crippen molar-refractivity contribution in [2.75, 3.05) is 19.0 Å². The van der Waals surface area contributed by atoms with E-state index in [4.69, 9.17) is 19.2 Å². The topological polar surface area (TPSA) is 91.2 Å². The van der Waals surface area contributed by atoms with E-state index < -0.39 is 6.04 Å². The fourth-order valence-electron chi connectivity index (χ4n) is 6.19. The summed E-state index contributed by atoms with van der Waals surface area (Å²) in [6.07, 6.45) is 1.82. The van der Waals surface area contributed by atoms with Crippen molar-refractivity contribution in [3.05, 3.63) is 149 Å². The summed E-state index contributed by atoms with van der Waals surface area (Å²) >= 11 is 1.28. The first-order valence-corrected chi connectivity index (χ1v) is 17.0. The van der Waals surface area contributed by atoms with Crippen molar-refractivity contribution in [2.45, 2.75) is 47.3 Å². The molecule has 2 heterocycles. The lowest BCUT2D eigenvalue weighted by molar-refractivity contribution is -0.113. The lowest BCUT2D eigenvalue weighted by Gasteiger charge is -2.25. The number of anilines is 1. The Kier molecular flexibility index (Phi) is 9.82. The zero-order valence-corrected chi connectivity index (χ0v) is 29.3. The van der Waals surface area contributed by atoms with Gasteiger partial charge in [0.05, 0.1) is 35.6 Å². The predicted molar refractivity (Wildman–Crippen MR) is 194 cm³/mol. The number of aryl methyl sites for hydroxylation is 3. The van der Waals surface area contributed by atoms with Crippen molar-refractivity contribution in [3.63, 3.8) is 0 Å². The highest BCUT2D eigenvalue weighted by molar-refractivity contribution is 7.07. The van der Waals surface area contributed by atoms with Crippen molar-refractivity contribution in [1.29, 1.82) is 0 Å². The van der Waals surface area contributed by atoms with E-state index in [1.54, 1.807) is 11.7 Å². The first-order chi connectivity index (χ1) is 23.7. The third-order valence-corrected chi connectivity index (χ3v) is 9.49. The smallest absolute Gasteiger partial charge is 0.271 e. The fourth-order valence-corrected chi connectivity index (χ4v) is 7.24. The van der Waals surface area contributed by atoms with Gasteiger partial charge in [-0.3, -0.25) is 14.2 Å². The molecule has 1 atom stereocenters. The summed E-state index contributed by atoms with van der Waals surface area (Å²) in [5.74, 6) is 1.56. The molecule has 6 rings (SSSR count). The summed E-state index contributed by atoms with van der Waals surface area (Å²) in [5, 5.41) is 2.99. The van der Waals surface area contributed by atoms with Crippen LogP contribution in [0.3, 0.4) is 0 Å². The molecule has 4 aromatic carbocycles. The summed E-state index contributed by atoms with van der Waals surface area (Å²) < 4.78 is 19.7. The van der Waals surface area contributed by atoms with Gasteiger partial charge in [0.2, 0.25) is 0 Å². The van der Waals surface area contributed by atoms with Gasteiger partial charge in [-0.15, -0.1) is 0 Å². The van der Waals surface area contributed by atoms with E-state index in [0.29, 0.717) is 56.8 Å². The highest BCUT2D eigenvalue weighted by atomic mass is 32.1. The van der Waals surface area contributed by atoms with Crippen molar-refractivity contribution in [3.8, 4) is 17.2 Å². The number of hydrogen-bond donors (Lipinski definition) is 1. The fraction of sp³-hybridized carbons (Fsp3) is 0.225. The number of carbonyl (C=O) groups is 1. The summed E-state index contributed by atoms with van der Waals surface area (Å²) in [5.41, 5.74) is 7.62. The molecule has 0 spiro atoms. The van der Waals surface area contributed by atoms with Gasteiger partial charge in [0.25, 0.3) is 11.5 Å². The first kappa shape index (κ1) is 33.5. The van der Waals surface area contributed by atoms with Crippen molar-refractivity contribution in [1.82, 2.24) is 4.57 Å². The van der Waals surface area contributed by atoms with Gasteiger partial charge in [0.1, 0.15) is 12.4 Å². The molecule has 1 amide bonds. The molecule has 0 saturated heterocycles. The number of hydrogen-bond acceptors (Lipinski definition) is 7. The molecular formula is C40H39N3O5S. The molecular weight excluding hydrogens is 635 g/mol. The van der Waals surface area contributed by atoms with E-state index in [-0.39, 0.29) is 11.5 Å². The molecule has 1 aromatic heterocycles. The van der Waals surface area contributed by atoms with Crippen LogP contribution in [0.2, 0.25) is 0 Å². The predicted octanol–water partition coefficient (Wildman–Crippen LogP) is 6.79. The number of thiazole rings is 1. The molecule has 250 valence electrons. The maximum atomic E-state index is 14.2. The molecule has 1 N–H and O–H groups in total. The summed E-state index contributed by atoms with van der Waals surface area (Å²) in [7, 11) is 1.60. The quantitative estimate of drug-likeness (QED) is 0.177. The molecule has 0 fully saturated rings. The number of para-hydroxylation sites is 1. The van der Waals surface area contributed by atoms with Crippen LogP contribution in [0.15, 0.2) is 106 Å². The van der Waals surface area contributed by atoms with Gasteiger partial charge in [0, 0.05) is 5.69 Å². The minimum Gasteiger partial charge on any atom is -0.494 e. The highest BCUT2D eigenvalue weighted by Crippen LogP contribution is 2.33. The van der Waals surface area contributed by atoms with Crippen LogP contribution in [-0.4, -0.2) is 24.2 Å². The number of fused-ring (bicyclic) bond motifs is 1. The number of carbonyl (C=O) groups excluding carboxylic acids is 1. The Hall–Kier alpha value is -5.41. The van der Waals surface area contributed by atoms with E-state index in [1.165, 1.54) is 28.0 Å². The van der Waals surface area contributed by atoms with E-state index >= 15 is 0 Å². The third-order valence-electron chi connectivity index (χ3n) is 8.50. The van der Waals surface area contributed by atoms with Gasteiger partial charge in [-0.2, -0.15) is 0 Å². The number of amides is 1. The van der Waals surface area contributed by atoms with Gasteiger partial charge in [0.15, 0.2) is 16.3 Å².